The predicted molar refractivity (Wildman–Crippen MR) is 134 cm³/mol. The molecule has 0 N–H and O–H groups in total. The summed E-state index contributed by atoms with van der Waals surface area (Å²) in [5.41, 5.74) is 12.8. The van der Waals surface area contributed by atoms with E-state index in [0.717, 1.165) is 48.3 Å². The van der Waals surface area contributed by atoms with Crippen LogP contribution < -0.4 is 4.74 Å². The number of hydrogen-bond acceptors (Lipinski definition) is 2. The maximum Gasteiger partial charge on any atom is 0.122 e. The Balaban J connectivity index is 1.78. The van der Waals surface area contributed by atoms with Gasteiger partial charge in [0.05, 0.1) is 7.11 Å². The largest absolute Gasteiger partial charge is 0.496 e. The molecule has 0 spiro atoms. The number of rotatable bonds is 9. The van der Waals surface area contributed by atoms with Gasteiger partial charge in [0, 0.05) is 19.3 Å². The van der Waals surface area contributed by atoms with Crippen LogP contribution in [0.15, 0.2) is 89.9 Å². The van der Waals surface area contributed by atoms with Crippen molar-refractivity contribution in [3.8, 4) is 5.75 Å². The second-order valence-electron chi connectivity index (χ2n) is 8.43. The van der Waals surface area contributed by atoms with E-state index in [1.54, 1.807) is 14.2 Å². The van der Waals surface area contributed by atoms with Gasteiger partial charge >= 0.3 is 0 Å². The summed E-state index contributed by atoms with van der Waals surface area (Å²) in [6.45, 7) is 5.18. The number of ether oxygens (including phenoxy) is 2. The molecule has 1 aliphatic rings. The zero-order chi connectivity index (χ0) is 22.8. The van der Waals surface area contributed by atoms with Gasteiger partial charge in [-0.1, -0.05) is 61.0 Å². The fourth-order valence-corrected chi connectivity index (χ4v) is 4.29. The molecule has 32 heavy (non-hydrogen) atoms. The van der Waals surface area contributed by atoms with Crippen LogP contribution in [0.1, 0.15) is 48.8 Å². The SMILES string of the molecule is COCCC(c1ccccc1)[C@@H](C)C/C1=C/C=C=CC(c2ccc(C)c(OC)c2)=C=CC1. The van der Waals surface area contributed by atoms with E-state index in [1.807, 2.05) is 12.2 Å². The number of benzene rings is 2. The Bertz CT molecular complexity index is 1050. The fourth-order valence-electron chi connectivity index (χ4n) is 4.29. The minimum absolute atomic E-state index is 0.472. The van der Waals surface area contributed by atoms with Crippen LogP contribution in [0.5, 0.6) is 5.75 Å². The van der Waals surface area contributed by atoms with Crippen LogP contribution in [0.3, 0.4) is 0 Å². The third-order valence-electron chi connectivity index (χ3n) is 6.12. The average molecular weight is 427 g/mol. The highest BCUT2D eigenvalue weighted by molar-refractivity contribution is 5.74. The standard InChI is InChI=1S/C30H34O2/c1-23-17-18-28(22-30(23)32-4)26-13-9-8-11-25(12-10-16-26)21-24(2)29(19-20-31-3)27-14-6-5-7-15-27/h5-8,10-11,13-15,17-18,22,24,29H,12,19-21H2,1-4H3/b25-11+/t9?,16?,24-,29?/m0/s1. The molecule has 0 saturated heterocycles. The van der Waals surface area contributed by atoms with Gasteiger partial charge in [-0.05, 0) is 79.0 Å². The van der Waals surface area contributed by atoms with Gasteiger partial charge in [-0.2, -0.15) is 0 Å². The number of methoxy groups -OCH3 is 2. The first-order chi connectivity index (χ1) is 15.6. The Morgan fingerprint density at radius 3 is 2.62 bits per heavy atom. The van der Waals surface area contributed by atoms with E-state index in [0.29, 0.717) is 11.8 Å². The normalized spacial score (nSPS) is 16.9. The molecule has 2 aromatic carbocycles. The molecule has 166 valence electrons. The van der Waals surface area contributed by atoms with Crippen LogP contribution in [0, 0.1) is 12.8 Å². The Labute approximate surface area is 193 Å². The number of aryl methyl sites for hydroxylation is 1. The van der Waals surface area contributed by atoms with Gasteiger partial charge in [0.1, 0.15) is 5.75 Å². The molecular weight excluding hydrogens is 392 g/mol. The molecule has 1 aliphatic carbocycles. The van der Waals surface area contributed by atoms with Gasteiger partial charge in [0.2, 0.25) is 0 Å². The maximum atomic E-state index is 5.49. The zero-order valence-electron chi connectivity index (χ0n) is 19.7. The Hall–Kier alpha value is -3.02. The first-order valence-electron chi connectivity index (χ1n) is 11.4. The Kier molecular flexibility index (Phi) is 8.96. The lowest BCUT2D eigenvalue weighted by atomic mass is 9.81. The van der Waals surface area contributed by atoms with Gasteiger partial charge in [0.25, 0.3) is 0 Å². The summed E-state index contributed by atoms with van der Waals surface area (Å²) in [6, 6.07) is 17.1. The minimum Gasteiger partial charge on any atom is -0.496 e. The summed E-state index contributed by atoms with van der Waals surface area (Å²) in [5.74, 6) is 1.87. The van der Waals surface area contributed by atoms with Crippen LogP contribution in [0.25, 0.3) is 5.57 Å². The van der Waals surface area contributed by atoms with Crippen molar-refractivity contribution in [1.82, 2.24) is 0 Å². The summed E-state index contributed by atoms with van der Waals surface area (Å²) in [5, 5.41) is 0. The molecule has 0 amide bonds. The second kappa shape index (κ2) is 12.1. The molecule has 0 radical (unpaired) electrons. The van der Waals surface area contributed by atoms with E-state index in [9.17, 15) is 0 Å². The molecule has 0 saturated carbocycles. The molecule has 0 aromatic heterocycles. The topological polar surface area (TPSA) is 18.5 Å². The second-order valence-corrected chi connectivity index (χ2v) is 8.43. The van der Waals surface area contributed by atoms with Crippen LogP contribution >= 0.6 is 0 Å². The highest BCUT2D eigenvalue weighted by Crippen LogP contribution is 2.33. The lowest BCUT2D eigenvalue weighted by molar-refractivity contribution is 0.179. The summed E-state index contributed by atoms with van der Waals surface area (Å²) < 4.78 is 10.9. The van der Waals surface area contributed by atoms with Crippen molar-refractivity contribution in [2.24, 2.45) is 5.92 Å². The molecule has 0 fully saturated rings. The van der Waals surface area contributed by atoms with Crippen molar-refractivity contribution in [3.05, 3.63) is 107 Å². The summed E-state index contributed by atoms with van der Waals surface area (Å²) in [4.78, 5) is 0. The van der Waals surface area contributed by atoms with Crippen molar-refractivity contribution >= 4 is 5.57 Å². The van der Waals surface area contributed by atoms with Crippen molar-refractivity contribution < 1.29 is 9.47 Å². The zero-order valence-corrected chi connectivity index (χ0v) is 19.7. The van der Waals surface area contributed by atoms with Crippen molar-refractivity contribution in [1.29, 1.82) is 0 Å². The summed E-state index contributed by atoms with van der Waals surface area (Å²) in [6.07, 6.45) is 11.3. The van der Waals surface area contributed by atoms with Gasteiger partial charge in [-0.25, -0.2) is 0 Å². The van der Waals surface area contributed by atoms with Gasteiger partial charge in [0.15, 0.2) is 0 Å². The van der Waals surface area contributed by atoms with Gasteiger partial charge < -0.3 is 9.47 Å². The van der Waals surface area contributed by atoms with Gasteiger partial charge in [-0.3, -0.25) is 0 Å². The summed E-state index contributed by atoms with van der Waals surface area (Å²) >= 11 is 0. The van der Waals surface area contributed by atoms with Crippen molar-refractivity contribution in [3.63, 3.8) is 0 Å². The third kappa shape index (κ3) is 6.49. The van der Waals surface area contributed by atoms with E-state index in [-0.39, 0.29) is 0 Å². The van der Waals surface area contributed by atoms with Crippen molar-refractivity contribution in [2.75, 3.05) is 20.8 Å². The van der Waals surface area contributed by atoms with E-state index >= 15 is 0 Å². The first kappa shape index (κ1) is 23.6. The molecular formula is C30H34O2. The molecule has 2 aromatic rings. The van der Waals surface area contributed by atoms with Crippen LogP contribution in [-0.2, 0) is 4.74 Å². The highest BCUT2D eigenvalue weighted by atomic mass is 16.5. The molecule has 3 rings (SSSR count). The quantitative estimate of drug-likeness (QED) is 0.388. The molecule has 2 heteroatoms. The summed E-state index contributed by atoms with van der Waals surface area (Å²) in [7, 11) is 3.49. The van der Waals surface area contributed by atoms with E-state index < -0.39 is 0 Å². The Morgan fingerprint density at radius 1 is 1.06 bits per heavy atom. The Morgan fingerprint density at radius 2 is 1.88 bits per heavy atom. The predicted octanol–water partition coefficient (Wildman–Crippen LogP) is 7.43. The molecule has 2 atom stereocenters. The third-order valence-corrected chi connectivity index (χ3v) is 6.12. The van der Waals surface area contributed by atoms with Crippen LogP contribution in [-0.4, -0.2) is 20.8 Å². The first-order valence-corrected chi connectivity index (χ1v) is 11.4. The molecule has 1 unspecified atom stereocenters. The smallest absolute Gasteiger partial charge is 0.122 e. The van der Waals surface area contributed by atoms with E-state index in [2.05, 4.69) is 86.0 Å². The van der Waals surface area contributed by atoms with Crippen molar-refractivity contribution in [2.45, 2.75) is 39.0 Å². The number of hydrogen-bond donors (Lipinski definition) is 0. The van der Waals surface area contributed by atoms with Crippen LogP contribution in [0.4, 0.5) is 0 Å². The lowest BCUT2D eigenvalue weighted by Gasteiger charge is -2.25. The highest BCUT2D eigenvalue weighted by Gasteiger charge is 2.20. The van der Waals surface area contributed by atoms with E-state index in [1.165, 1.54) is 11.1 Å². The molecule has 0 aliphatic heterocycles. The lowest BCUT2D eigenvalue weighted by Crippen LogP contribution is -2.13. The van der Waals surface area contributed by atoms with Gasteiger partial charge in [-0.15, -0.1) is 11.5 Å². The van der Waals surface area contributed by atoms with Crippen LogP contribution in [0.2, 0.25) is 0 Å². The average Bonchev–Trinajstić information content (AvgIpc) is 2.93. The van der Waals surface area contributed by atoms with E-state index in [4.69, 9.17) is 9.47 Å². The molecule has 0 bridgehead atoms. The molecule has 0 heterocycles. The number of allylic oxidation sites excluding steroid dienone is 4. The maximum absolute atomic E-state index is 5.49. The monoisotopic (exact) mass is 426 g/mol. The molecule has 2 nitrogen and oxygen atoms in total. The fraction of sp³-hybridized carbons (Fsp3) is 0.333. The minimum atomic E-state index is 0.472.